The van der Waals surface area contributed by atoms with E-state index in [0.717, 1.165) is 6.07 Å². The lowest BCUT2D eigenvalue weighted by Crippen LogP contribution is -2.14. The molecule has 0 spiro atoms. The Labute approximate surface area is 119 Å². The van der Waals surface area contributed by atoms with Crippen molar-refractivity contribution in [3.05, 3.63) is 53.6 Å². The van der Waals surface area contributed by atoms with Gasteiger partial charge in [0, 0.05) is 5.69 Å². The number of halogens is 2. The van der Waals surface area contributed by atoms with E-state index in [1.54, 1.807) is 6.07 Å². The van der Waals surface area contributed by atoms with Crippen LogP contribution < -0.4 is 10.5 Å². The van der Waals surface area contributed by atoms with E-state index in [4.69, 9.17) is 11.0 Å². The smallest absolute Gasteiger partial charge is 0.262 e. The van der Waals surface area contributed by atoms with Crippen LogP contribution in [0.3, 0.4) is 0 Å². The van der Waals surface area contributed by atoms with Crippen LogP contribution in [0, 0.1) is 23.0 Å². The van der Waals surface area contributed by atoms with E-state index in [1.165, 1.54) is 18.2 Å². The molecule has 0 heterocycles. The number of nitrogens with zero attached hydrogens (tertiary/aromatic N) is 1. The van der Waals surface area contributed by atoms with Crippen molar-refractivity contribution in [2.75, 3.05) is 10.5 Å². The van der Waals surface area contributed by atoms with Gasteiger partial charge in [-0.25, -0.2) is 17.2 Å². The van der Waals surface area contributed by atoms with Crippen molar-refractivity contribution in [3.8, 4) is 6.07 Å². The molecule has 2 aromatic carbocycles. The molecular weight excluding hydrogens is 300 g/mol. The minimum Gasteiger partial charge on any atom is -0.399 e. The molecule has 0 saturated heterocycles. The minimum absolute atomic E-state index is 0.00330. The highest BCUT2D eigenvalue weighted by Gasteiger charge is 2.18. The summed E-state index contributed by atoms with van der Waals surface area (Å²) in [5, 5.41) is 8.94. The van der Waals surface area contributed by atoms with Crippen LogP contribution in [0.4, 0.5) is 20.2 Å². The van der Waals surface area contributed by atoms with Crippen LogP contribution in [-0.2, 0) is 10.0 Å². The molecule has 108 valence electrons. The third kappa shape index (κ3) is 3.09. The Morgan fingerprint density at radius 2 is 1.81 bits per heavy atom. The number of hydrogen-bond donors (Lipinski definition) is 2. The van der Waals surface area contributed by atoms with Gasteiger partial charge in [-0.1, -0.05) is 0 Å². The highest BCUT2D eigenvalue weighted by Crippen LogP contribution is 2.22. The van der Waals surface area contributed by atoms with Crippen LogP contribution in [0.5, 0.6) is 0 Å². The fraction of sp³-hybridized carbons (Fsp3) is 0. The summed E-state index contributed by atoms with van der Waals surface area (Å²) in [6, 6.07) is 7.99. The second kappa shape index (κ2) is 5.38. The summed E-state index contributed by atoms with van der Waals surface area (Å²) < 4.78 is 52.2. The zero-order valence-corrected chi connectivity index (χ0v) is 11.3. The lowest BCUT2D eigenvalue weighted by atomic mass is 10.2. The first kappa shape index (κ1) is 14.7. The molecule has 0 saturated carbocycles. The number of nitriles is 1. The van der Waals surface area contributed by atoms with Gasteiger partial charge in [0.05, 0.1) is 16.1 Å². The van der Waals surface area contributed by atoms with Gasteiger partial charge in [0.2, 0.25) is 0 Å². The van der Waals surface area contributed by atoms with E-state index >= 15 is 0 Å². The second-order valence-electron chi connectivity index (χ2n) is 4.10. The highest BCUT2D eigenvalue weighted by molar-refractivity contribution is 7.92. The molecule has 0 fully saturated rings. The van der Waals surface area contributed by atoms with Gasteiger partial charge in [-0.15, -0.1) is 0 Å². The number of anilines is 2. The van der Waals surface area contributed by atoms with Crippen LogP contribution in [-0.4, -0.2) is 8.42 Å². The summed E-state index contributed by atoms with van der Waals surface area (Å²) in [6.07, 6.45) is 0. The van der Waals surface area contributed by atoms with Gasteiger partial charge in [0.15, 0.2) is 11.6 Å². The Morgan fingerprint density at radius 3 is 2.43 bits per heavy atom. The van der Waals surface area contributed by atoms with Crippen molar-refractivity contribution < 1.29 is 17.2 Å². The molecule has 0 aliphatic carbocycles. The van der Waals surface area contributed by atoms with E-state index < -0.39 is 26.6 Å². The monoisotopic (exact) mass is 309 g/mol. The van der Waals surface area contributed by atoms with Crippen molar-refractivity contribution in [2.45, 2.75) is 4.90 Å². The third-order valence-electron chi connectivity index (χ3n) is 2.61. The van der Waals surface area contributed by atoms with Crippen molar-refractivity contribution >= 4 is 21.4 Å². The van der Waals surface area contributed by atoms with Gasteiger partial charge in [-0.05, 0) is 36.4 Å². The summed E-state index contributed by atoms with van der Waals surface area (Å²) in [4.78, 5) is -0.456. The Kier molecular flexibility index (Phi) is 3.78. The van der Waals surface area contributed by atoms with Crippen LogP contribution in [0.2, 0.25) is 0 Å². The van der Waals surface area contributed by atoms with E-state index in [1.807, 2.05) is 0 Å². The fourth-order valence-corrected chi connectivity index (χ4v) is 2.68. The van der Waals surface area contributed by atoms with Crippen molar-refractivity contribution in [3.63, 3.8) is 0 Å². The molecule has 3 N–H and O–H groups in total. The highest BCUT2D eigenvalue weighted by atomic mass is 32.2. The summed E-state index contributed by atoms with van der Waals surface area (Å²) in [5.41, 5.74) is 5.80. The zero-order chi connectivity index (χ0) is 15.6. The standard InChI is InChI=1S/C13H9F2N3O2S/c14-11-3-2-10(6-12(11)15)21(19,20)18-13-4-1-9(17)5-8(13)7-16/h1-6,18H,17H2. The van der Waals surface area contributed by atoms with Crippen molar-refractivity contribution in [1.82, 2.24) is 0 Å². The summed E-state index contributed by atoms with van der Waals surface area (Å²) in [6.45, 7) is 0. The molecule has 0 unspecified atom stereocenters. The Bertz CT molecular complexity index is 845. The number of nitrogens with two attached hydrogens (primary N) is 1. The molecule has 2 aromatic rings. The second-order valence-corrected chi connectivity index (χ2v) is 5.78. The zero-order valence-electron chi connectivity index (χ0n) is 10.5. The Hall–Kier alpha value is -2.66. The molecule has 8 heteroatoms. The van der Waals surface area contributed by atoms with Gasteiger partial charge >= 0.3 is 0 Å². The predicted octanol–water partition coefficient (Wildman–Crippen LogP) is 2.22. The molecule has 0 aliphatic heterocycles. The Balaban J connectivity index is 2.42. The molecule has 0 aliphatic rings. The molecule has 2 rings (SSSR count). The van der Waals surface area contributed by atoms with Gasteiger partial charge in [-0.2, -0.15) is 5.26 Å². The number of sulfonamides is 1. The van der Waals surface area contributed by atoms with E-state index in [0.29, 0.717) is 17.8 Å². The summed E-state index contributed by atoms with van der Waals surface area (Å²) >= 11 is 0. The molecule has 21 heavy (non-hydrogen) atoms. The number of benzene rings is 2. The molecule has 0 radical (unpaired) electrons. The molecule has 0 aromatic heterocycles. The van der Waals surface area contributed by atoms with Crippen molar-refractivity contribution in [1.29, 1.82) is 5.26 Å². The maximum Gasteiger partial charge on any atom is 0.262 e. The largest absolute Gasteiger partial charge is 0.399 e. The number of rotatable bonds is 3. The quantitative estimate of drug-likeness (QED) is 0.850. The van der Waals surface area contributed by atoms with E-state index in [2.05, 4.69) is 4.72 Å². The normalized spacial score (nSPS) is 10.9. The lowest BCUT2D eigenvalue weighted by molar-refractivity contribution is 0.504. The molecular formula is C13H9F2N3O2S. The lowest BCUT2D eigenvalue weighted by Gasteiger charge is -2.10. The number of hydrogen-bond acceptors (Lipinski definition) is 4. The van der Waals surface area contributed by atoms with Gasteiger partial charge < -0.3 is 5.73 Å². The average Bonchev–Trinajstić information content (AvgIpc) is 2.43. The van der Waals surface area contributed by atoms with E-state index in [9.17, 15) is 17.2 Å². The first-order chi connectivity index (χ1) is 9.83. The molecule has 0 amide bonds. The molecule has 0 bridgehead atoms. The SMILES string of the molecule is N#Cc1cc(N)ccc1NS(=O)(=O)c1ccc(F)c(F)c1. The van der Waals surface area contributed by atoms with Gasteiger partial charge in [0.25, 0.3) is 10.0 Å². The van der Waals surface area contributed by atoms with Crippen LogP contribution >= 0.6 is 0 Å². The van der Waals surface area contributed by atoms with Gasteiger partial charge in [-0.3, -0.25) is 4.72 Å². The first-order valence-electron chi connectivity index (χ1n) is 5.61. The fourth-order valence-electron chi connectivity index (χ4n) is 1.59. The minimum atomic E-state index is -4.15. The Morgan fingerprint density at radius 1 is 1.10 bits per heavy atom. The molecule has 5 nitrogen and oxygen atoms in total. The number of nitrogens with one attached hydrogen (secondary N) is 1. The van der Waals surface area contributed by atoms with E-state index in [-0.39, 0.29) is 11.3 Å². The van der Waals surface area contributed by atoms with Crippen molar-refractivity contribution in [2.24, 2.45) is 0 Å². The van der Waals surface area contributed by atoms with Crippen LogP contribution in [0.25, 0.3) is 0 Å². The first-order valence-corrected chi connectivity index (χ1v) is 7.09. The van der Waals surface area contributed by atoms with Crippen LogP contribution in [0.1, 0.15) is 5.56 Å². The third-order valence-corrected chi connectivity index (χ3v) is 3.97. The maximum atomic E-state index is 13.1. The molecule has 0 atom stereocenters. The maximum absolute atomic E-state index is 13.1. The summed E-state index contributed by atoms with van der Waals surface area (Å²) in [7, 11) is -4.15. The van der Waals surface area contributed by atoms with Crippen LogP contribution in [0.15, 0.2) is 41.3 Å². The number of nitrogen functional groups attached to an aromatic ring is 1. The summed E-state index contributed by atoms with van der Waals surface area (Å²) in [5.74, 6) is -2.44. The average molecular weight is 309 g/mol. The van der Waals surface area contributed by atoms with Gasteiger partial charge in [0.1, 0.15) is 6.07 Å². The predicted molar refractivity (Wildman–Crippen MR) is 72.7 cm³/mol. The topological polar surface area (TPSA) is 96.0 Å².